The normalized spacial score (nSPS) is 15.2. The van der Waals surface area contributed by atoms with Gasteiger partial charge in [-0.25, -0.2) is 9.50 Å². The molecule has 0 spiro atoms. The van der Waals surface area contributed by atoms with Crippen LogP contribution in [0.15, 0.2) is 42.6 Å². The molecule has 162 valence electrons. The van der Waals surface area contributed by atoms with E-state index in [0.29, 0.717) is 22.9 Å². The zero-order valence-electron chi connectivity index (χ0n) is 17.2. The molecule has 8 heteroatoms. The van der Waals surface area contributed by atoms with E-state index in [1.54, 1.807) is 30.6 Å². The number of alkyl halides is 3. The molecule has 4 rings (SSSR count). The molecule has 0 atom stereocenters. The van der Waals surface area contributed by atoms with Gasteiger partial charge in [0, 0.05) is 17.7 Å². The van der Waals surface area contributed by atoms with Crippen LogP contribution in [-0.2, 0) is 6.18 Å². The molecular weight excluding hydrogens is 393 g/mol. The molecule has 3 aromatic rings. The molecule has 30 heavy (non-hydrogen) atoms. The minimum Gasteiger partial charge on any atom is -0.394 e. The second kappa shape index (κ2) is 9.47. The summed E-state index contributed by atoms with van der Waals surface area (Å²) in [6.07, 6.45) is 2.93. The molecule has 0 radical (unpaired) electrons. The van der Waals surface area contributed by atoms with Crippen molar-refractivity contribution >= 4 is 11.5 Å². The third-order valence-corrected chi connectivity index (χ3v) is 4.81. The van der Waals surface area contributed by atoms with Crippen molar-refractivity contribution in [2.75, 3.05) is 5.32 Å². The van der Waals surface area contributed by atoms with E-state index in [4.69, 9.17) is 5.11 Å². The van der Waals surface area contributed by atoms with Crippen LogP contribution >= 0.6 is 0 Å². The number of hydrogen-bond donors (Lipinski definition) is 2. The fourth-order valence-corrected chi connectivity index (χ4v) is 3.46. The van der Waals surface area contributed by atoms with E-state index in [2.05, 4.69) is 15.4 Å². The fraction of sp³-hybridized carbons (Fsp3) is 0.455. The summed E-state index contributed by atoms with van der Waals surface area (Å²) in [6.45, 7) is 3.44. The van der Waals surface area contributed by atoms with Crippen LogP contribution in [0.4, 0.5) is 19.0 Å². The fourth-order valence-electron chi connectivity index (χ4n) is 3.46. The number of imidazole rings is 1. The first-order valence-electron chi connectivity index (χ1n) is 10.2. The van der Waals surface area contributed by atoms with Gasteiger partial charge in [0.2, 0.25) is 0 Å². The maximum absolute atomic E-state index is 13.0. The van der Waals surface area contributed by atoms with Crippen LogP contribution in [0.5, 0.6) is 0 Å². The topological polar surface area (TPSA) is 62.5 Å². The molecule has 1 aromatic carbocycles. The Balaban J connectivity index is 0.000000589. The predicted octanol–water partition coefficient (Wildman–Crippen LogP) is 5.55. The molecule has 5 nitrogen and oxygen atoms in total. The number of anilines is 1. The van der Waals surface area contributed by atoms with E-state index in [1.165, 1.54) is 25.3 Å². The third kappa shape index (κ3) is 5.72. The molecule has 0 unspecified atom stereocenters. The minimum atomic E-state index is -4.38. The summed E-state index contributed by atoms with van der Waals surface area (Å²) in [4.78, 5) is 4.27. The van der Waals surface area contributed by atoms with Crippen molar-refractivity contribution in [1.29, 1.82) is 0 Å². The van der Waals surface area contributed by atoms with E-state index in [-0.39, 0.29) is 6.10 Å². The number of halogens is 3. The van der Waals surface area contributed by atoms with Crippen molar-refractivity contribution in [1.82, 2.24) is 14.6 Å². The average molecular weight is 420 g/mol. The molecule has 2 aromatic heterocycles. The van der Waals surface area contributed by atoms with E-state index in [0.717, 1.165) is 30.8 Å². The Kier molecular flexibility index (Phi) is 6.97. The lowest BCUT2D eigenvalue weighted by Crippen LogP contribution is -2.23. The lowest BCUT2D eigenvalue weighted by atomic mass is 9.95. The number of aliphatic hydroxyl groups is 1. The van der Waals surface area contributed by atoms with Gasteiger partial charge in [-0.1, -0.05) is 31.4 Å². The van der Waals surface area contributed by atoms with Crippen LogP contribution < -0.4 is 5.32 Å². The van der Waals surface area contributed by atoms with Gasteiger partial charge in [0.1, 0.15) is 5.82 Å². The number of aromatic nitrogens is 3. The van der Waals surface area contributed by atoms with Gasteiger partial charge in [0.05, 0.1) is 17.5 Å². The van der Waals surface area contributed by atoms with Gasteiger partial charge in [-0.15, -0.1) is 5.10 Å². The van der Waals surface area contributed by atoms with Crippen molar-refractivity contribution in [3.63, 3.8) is 0 Å². The average Bonchev–Trinajstić information content (AvgIpc) is 3.11. The number of nitrogens with zero attached hydrogens (tertiary/aromatic N) is 3. The SMILES string of the molecule is CC(C)O.FC(F)(F)c1cccc(-c2cnc3ccc(NC4CCCCC4)nn23)c1. The predicted molar refractivity (Wildman–Crippen MR) is 111 cm³/mol. The molecule has 2 N–H and O–H groups in total. The number of aliphatic hydroxyl groups excluding tert-OH is 1. The van der Waals surface area contributed by atoms with Gasteiger partial charge < -0.3 is 10.4 Å². The summed E-state index contributed by atoms with van der Waals surface area (Å²) in [5, 5.41) is 16.1. The first-order valence-corrected chi connectivity index (χ1v) is 10.2. The molecule has 1 fully saturated rings. The van der Waals surface area contributed by atoms with Gasteiger partial charge in [-0.05, 0) is 51.0 Å². The summed E-state index contributed by atoms with van der Waals surface area (Å²) >= 11 is 0. The summed E-state index contributed by atoms with van der Waals surface area (Å²) < 4.78 is 40.6. The molecule has 1 aliphatic carbocycles. The summed E-state index contributed by atoms with van der Waals surface area (Å²) in [7, 11) is 0. The van der Waals surface area contributed by atoms with Gasteiger partial charge in [-0.2, -0.15) is 13.2 Å². The summed E-state index contributed by atoms with van der Waals surface area (Å²) in [5.41, 5.74) is 0.904. The second-order valence-corrected chi connectivity index (χ2v) is 7.78. The van der Waals surface area contributed by atoms with E-state index in [9.17, 15) is 13.2 Å². The number of rotatable bonds is 3. The monoisotopic (exact) mass is 420 g/mol. The molecule has 1 saturated carbocycles. The maximum atomic E-state index is 13.0. The van der Waals surface area contributed by atoms with Gasteiger partial charge in [0.15, 0.2) is 5.65 Å². The Morgan fingerprint density at radius 3 is 2.47 bits per heavy atom. The first-order chi connectivity index (χ1) is 14.2. The summed E-state index contributed by atoms with van der Waals surface area (Å²) in [6, 6.07) is 9.34. The zero-order chi connectivity index (χ0) is 21.7. The standard InChI is InChI=1S/C19H19F3N4.C3H8O/c20-19(21,22)14-6-4-5-13(11-14)16-12-23-18-10-9-17(25-26(16)18)24-15-7-2-1-3-8-15;1-3(2)4/h4-6,9-12,15H,1-3,7-8H2,(H,24,25);3-4H,1-2H3. The largest absolute Gasteiger partial charge is 0.416 e. The Bertz CT molecular complexity index is 960. The van der Waals surface area contributed by atoms with Gasteiger partial charge >= 0.3 is 6.18 Å². The molecule has 0 saturated heterocycles. The van der Waals surface area contributed by atoms with Crippen LogP contribution in [0.25, 0.3) is 16.9 Å². The quantitative estimate of drug-likeness (QED) is 0.583. The molecule has 0 amide bonds. The highest BCUT2D eigenvalue weighted by molar-refractivity contribution is 5.64. The smallest absolute Gasteiger partial charge is 0.394 e. The molecule has 0 bridgehead atoms. The molecule has 2 heterocycles. The highest BCUT2D eigenvalue weighted by Gasteiger charge is 2.30. The van der Waals surface area contributed by atoms with Crippen molar-refractivity contribution < 1.29 is 18.3 Å². The van der Waals surface area contributed by atoms with E-state index < -0.39 is 11.7 Å². The summed E-state index contributed by atoms with van der Waals surface area (Å²) in [5.74, 6) is 0.718. The van der Waals surface area contributed by atoms with Crippen molar-refractivity contribution in [2.24, 2.45) is 0 Å². The Morgan fingerprint density at radius 2 is 1.80 bits per heavy atom. The Morgan fingerprint density at radius 1 is 1.10 bits per heavy atom. The van der Waals surface area contributed by atoms with Crippen LogP contribution in [0.1, 0.15) is 51.5 Å². The van der Waals surface area contributed by atoms with Gasteiger partial charge in [0.25, 0.3) is 0 Å². The van der Waals surface area contributed by atoms with Crippen LogP contribution in [0.3, 0.4) is 0 Å². The minimum absolute atomic E-state index is 0.167. The first kappa shape index (κ1) is 22.1. The third-order valence-electron chi connectivity index (χ3n) is 4.81. The van der Waals surface area contributed by atoms with Crippen molar-refractivity contribution in [3.05, 3.63) is 48.2 Å². The lowest BCUT2D eigenvalue weighted by molar-refractivity contribution is -0.137. The van der Waals surface area contributed by atoms with Crippen LogP contribution in [-0.4, -0.2) is 31.9 Å². The van der Waals surface area contributed by atoms with Gasteiger partial charge in [-0.3, -0.25) is 0 Å². The lowest BCUT2D eigenvalue weighted by Gasteiger charge is -2.23. The van der Waals surface area contributed by atoms with Crippen LogP contribution in [0.2, 0.25) is 0 Å². The molecular formula is C22H27F3N4O. The van der Waals surface area contributed by atoms with Crippen molar-refractivity contribution in [3.8, 4) is 11.3 Å². The number of nitrogens with one attached hydrogen (secondary N) is 1. The zero-order valence-corrected chi connectivity index (χ0v) is 17.2. The van der Waals surface area contributed by atoms with Crippen LogP contribution in [0, 0.1) is 0 Å². The highest BCUT2D eigenvalue weighted by Crippen LogP contribution is 2.32. The Labute approximate surface area is 174 Å². The number of benzene rings is 1. The maximum Gasteiger partial charge on any atom is 0.416 e. The number of fused-ring (bicyclic) bond motifs is 1. The van der Waals surface area contributed by atoms with E-state index in [1.807, 2.05) is 12.1 Å². The molecule has 1 aliphatic rings. The van der Waals surface area contributed by atoms with E-state index >= 15 is 0 Å². The van der Waals surface area contributed by atoms with Crippen molar-refractivity contribution in [2.45, 2.75) is 64.3 Å². The number of hydrogen-bond acceptors (Lipinski definition) is 4. The highest BCUT2D eigenvalue weighted by atomic mass is 19.4. The Hall–Kier alpha value is -2.61. The molecule has 0 aliphatic heterocycles. The second-order valence-electron chi connectivity index (χ2n) is 7.78.